The molecular weight excluding hydrogens is 292 g/mol. The van der Waals surface area contributed by atoms with Crippen molar-refractivity contribution in [3.05, 3.63) is 29.6 Å². The van der Waals surface area contributed by atoms with Crippen LogP contribution in [0.1, 0.15) is 68.7 Å². The number of fused-ring (bicyclic) bond motifs is 1. The first-order valence-corrected chi connectivity index (χ1v) is 8.30. The molecule has 1 unspecified atom stereocenters. The number of aliphatic carboxylic acids is 1. The summed E-state index contributed by atoms with van der Waals surface area (Å²) in [5.41, 5.74) is 2.13. The molecule has 124 valence electrons. The van der Waals surface area contributed by atoms with E-state index in [0.717, 1.165) is 30.6 Å². The van der Waals surface area contributed by atoms with E-state index in [-0.39, 0.29) is 5.78 Å². The number of nitrogens with zero attached hydrogens (tertiary/aromatic N) is 2. The van der Waals surface area contributed by atoms with E-state index >= 15 is 0 Å². The third-order valence-corrected chi connectivity index (χ3v) is 4.14. The fraction of sp³-hybridized carbons (Fsp3) is 0.500. The van der Waals surface area contributed by atoms with Crippen LogP contribution in [0.25, 0.3) is 11.0 Å². The van der Waals surface area contributed by atoms with Gasteiger partial charge in [0.1, 0.15) is 11.9 Å². The van der Waals surface area contributed by atoms with E-state index in [0.29, 0.717) is 23.9 Å². The van der Waals surface area contributed by atoms with Gasteiger partial charge in [0, 0.05) is 18.4 Å². The highest BCUT2D eigenvalue weighted by atomic mass is 16.4. The number of aryl methyl sites for hydroxylation is 1. The number of ketones is 1. The van der Waals surface area contributed by atoms with E-state index in [2.05, 4.69) is 11.9 Å². The molecule has 1 N–H and O–H groups in total. The van der Waals surface area contributed by atoms with Crippen molar-refractivity contribution >= 4 is 22.8 Å². The van der Waals surface area contributed by atoms with Gasteiger partial charge in [-0.05, 0) is 31.0 Å². The van der Waals surface area contributed by atoms with Crippen molar-refractivity contribution in [1.82, 2.24) is 9.55 Å². The van der Waals surface area contributed by atoms with Crippen LogP contribution in [0.2, 0.25) is 0 Å². The zero-order chi connectivity index (χ0) is 17.0. The molecule has 1 aromatic heterocycles. The molecule has 0 fully saturated rings. The van der Waals surface area contributed by atoms with Gasteiger partial charge in [-0.25, -0.2) is 9.78 Å². The standard InChI is InChI=1S/C18H24N2O3/c1-4-7-8-17-19-13-11-12(16(21)6-3)9-10-15(13)20(17)14(5-2)18(22)23/h9-11,14H,4-8H2,1-3H3,(H,22,23). The maximum absolute atomic E-state index is 11.9. The number of aromatic nitrogens is 2. The molecule has 1 atom stereocenters. The fourth-order valence-corrected chi connectivity index (χ4v) is 2.85. The molecule has 0 aliphatic heterocycles. The molecule has 0 amide bonds. The molecule has 0 radical (unpaired) electrons. The molecule has 23 heavy (non-hydrogen) atoms. The lowest BCUT2D eigenvalue weighted by Gasteiger charge is -2.16. The molecule has 5 nitrogen and oxygen atoms in total. The third kappa shape index (κ3) is 3.44. The molecule has 5 heteroatoms. The summed E-state index contributed by atoms with van der Waals surface area (Å²) in [5.74, 6) is 0.0114. The third-order valence-electron chi connectivity index (χ3n) is 4.14. The second-order valence-electron chi connectivity index (χ2n) is 5.74. The molecule has 2 rings (SSSR count). The van der Waals surface area contributed by atoms with Gasteiger partial charge < -0.3 is 9.67 Å². The topological polar surface area (TPSA) is 72.2 Å². The maximum atomic E-state index is 11.9. The highest BCUT2D eigenvalue weighted by Gasteiger charge is 2.23. The SMILES string of the molecule is CCCCc1nc2cc(C(=O)CC)ccc2n1C(CC)C(=O)O. The Balaban J connectivity index is 2.60. The number of carboxylic acids is 1. The summed E-state index contributed by atoms with van der Waals surface area (Å²) < 4.78 is 1.83. The molecular formula is C18H24N2O3. The normalized spacial score (nSPS) is 12.5. The van der Waals surface area contributed by atoms with Crippen molar-refractivity contribution < 1.29 is 14.7 Å². The Morgan fingerprint density at radius 3 is 2.57 bits per heavy atom. The molecule has 1 heterocycles. The predicted molar refractivity (Wildman–Crippen MR) is 89.9 cm³/mol. The van der Waals surface area contributed by atoms with E-state index in [9.17, 15) is 14.7 Å². The Hall–Kier alpha value is -2.17. The molecule has 0 aliphatic carbocycles. The van der Waals surface area contributed by atoms with Crippen LogP contribution < -0.4 is 0 Å². The minimum atomic E-state index is -0.849. The van der Waals surface area contributed by atoms with E-state index in [1.165, 1.54) is 0 Å². The van der Waals surface area contributed by atoms with Gasteiger partial charge in [-0.3, -0.25) is 4.79 Å². The van der Waals surface area contributed by atoms with Crippen molar-refractivity contribution in [3.63, 3.8) is 0 Å². The molecule has 0 saturated carbocycles. The van der Waals surface area contributed by atoms with E-state index < -0.39 is 12.0 Å². The summed E-state index contributed by atoms with van der Waals surface area (Å²) in [7, 11) is 0. The van der Waals surface area contributed by atoms with Crippen LogP contribution in [-0.2, 0) is 11.2 Å². The molecule has 1 aromatic carbocycles. The van der Waals surface area contributed by atoms with Crippen molar-refractivity contribution in [2.45, 2.75) is 58.9 Å². The summed E-state index contributed by atoms with van der Waals surface area (Å²) in [6, 6.07) is 4.75. The van der Waals surface area contributed by atoms with Crippen molar-refractivity contribution in [3.8, 4) is 0 Å². The fourth-order valence-electron chi connectivity index (χ4n) is 2.85. The van der Waals surface area contributed by atoms with Crippen LogP contribution in [0.3, 0.4) is 0 Å². The van der Waals surface area contributed by atoms with Gasteiger partial charge in [-0.1, -0.05) is 27.2 Å². The lowest BCUT2D eigenvalue weighted by Crippen LogP contribution is -2.20. The minimum Gasteiger partial charge on any atom is -0.480 e. The van der Waals surface area contributed by atoms with E-state index in [4.69, 9.17) is 0 Å². The van der Waals surface area contributed by atoms with Crippen LogP contribution in [0.15, 0.2) is 18.2 Å². The highest BCUT2D eigenvalue weighted by molar-refractivity contribution is 5.99. The van der Waals surface area contributed by atoms with Crippen LogP contribution in [0.5, 0.6) is 0 Å². The number of imidazole rings is 1. The summed E-state index contributed by atoms with van der Waals surface area (Å²) in [6.07, 6.45) is 3.66. The highest BCUT2D eigenvalue weighted by Crippen LogP contribution is 2.26. The minimum absolute atomic E-state index is 0.0711. The first kappa shape index (κ1) is 17.2. The van der Waals surface area contributed by atoms with Crippen molar-refractivity contribution in [2.75, 3.05) is 0 Å². The first-order valence-electron chi connectivity index (χ1n) is 8.30. The van der Waals surface area contributed by atoms with Gasteiger partial charge in [-0.15, -0.1) is 0 Å². The summed E-state index contributed by atoms with van der Waals surface area (Å²) in [5, 5.41) is 9.53. The first-order chi connectivity index (χ1) is 11.0. The van der Waals surface area contributed by atoms with E-state index in [1.807, 2.05) is 24.5 Å². The van der Waals surface area contributed by atoms with E-state index in [1.54, 1.807) is 12.1 Å². The summed E-state index contributed by atoms with van der Waals surface area (Å²) in [4.78, 5) is 28.1. The number of unbranched alkanes of at least 4 members (excludes halogenated alkanes) is 1. The Labute approximate surface area is 136 Å². The van der Waals surface area contributed by atoms with Gasteiger partial charge in [0.05, 0.1) is 11.0 Å². The monoisotopic (exact) mass is 316 g/mol. The van der Waals surface area contributed by atoms with Gasteiger partial charge in [-0.2, -0.15) is 0 Å². The second-order valence-corrected chi connectivity index (χ2v) is 5.74. The molecule has 0 saturated heterocycles. The lowest BCUT2D eigenvalue weighted by atomic mass is 10.1. The van der Waals surface area contributed by atoms with Crippen molar-refractivity contribution in [1.29, 1.82) is 0 Å². The Bertz CT molecular complexity index is 718. The molecule has 0 bridgehead atoms. The maximum Gasteiger partial charge on any atom is 0.326 e. The largest absolute Gasteiger partial charge is 0.480 e. The second kappa shape index (κ2) is 7.40. The Kier molecular flexibility index (Phi) is 5.53. The summed E-state index contributed by atoms with van der Waals surface area (Å²) in [6.45, 7) is 5.79. The van der Waals surface area contributed by atoms with Gasteiger partial charge >= 0.3 is 5.97 Å². The lowest BCUT2D eigenvalue weighted by molar-refractivity contribution is -0.140. The summed E-state index contributed by atoms with van der Waals surface area (Å²) >= 11 is 0. The molecule has 0 spiro atoms. The quantitative estimate of drug-likeness (QED) is 0.747. The number of hydrogen-bond donors (Lipinski definition) is 1. The predicted octanol–water partition coefficient (Wildman–Crippen LogP) is 4.01. The zero-order valence-electron chi connectivity index (χ0n) is 14.0. The van der Waals surface area contributed by atoms with Crippen LogP contribution >= 0.6 is 0 Å². The number of carboxylic acid groups (broad SMARTS) is 1. The number of hydrogen-bond acceptors (Lipinski definition) is 3. The molecule has 2 aromatic rings. The average molecular weight is 316 g/mol. The number of carbonyl (C=O) groups excluding carboxylic acids is 1. The van der Waals surface area contributed by atoms with Crippen LogP contribution in [0.4, 0.5) is 0 Å². The number of carbonyl (C=O) groups is 2. The number of benzene rings is 1. The van der Waals surface area contributed by atoms with Crippen LogP contribution in [-0.4, -0.2) is 26.4 Å². The smallest absolute Gasteiger partial charge is 0.326 e. The number of rotatable bonds is 8. The van der Waals surface area contributed by atoms with Crippen molar-refractivity contribution in [2.24, 2.45) is 0 Å². The average Bonchev–Trinajstić information content (AvgIpc) is 2.90. The Morgan fingerprint density at radius 1 is 1.26 bits per heavy atom. The van der Waals surface area contributed by atoms with Gasteiger partial charge in [0.2, 0.25) is 0 Å². The number of Topliss-reactive ketones (excluding diaryl/α,β-unsaturated/α-hetero) is 1. The van der Waals surface area contributed by atoms with Crippen LogP contribution in [0, 0.1) is 0 Å². The zero-order valence-corrected chi connectivity index (χ0v) is 14.0. The van der Waals surface area contributed by atoms with Gasteiger partial charge in [0.25, 0.3) is 0 Å². The Morgan fingerprint density at radius 2 is 2.00 bits per heavy atom. The van der Waals surface area contributed by atoms with Gasteiger partial charge in [0.15, 0.2) is 5.78 Å². The molecule has 0 aliphatic rings.